The molecular weight excluding hydrogens is 248 g/mol. The summed E-state index contributed by atoms with van der Waals surface area (Å²) in [5, 5.41) is 3.29. The molecule has 3 heteroatoms. The van der Waals surface area contributed by atoms with E-state index in [9.17, 15) is 4.79 Å². The summed E-state index contributed by atoms with van der Waals surface area (Å²) in [6.45, 7) is 8.93. The maximum absolute atomic E-state index is 12.7. The minimum atomic E-state index is 0.194. The summed E-state index contributed by atoms with van der Waals surface area (Å²) in [5.41, 5.74) is 3.00. The van der Waals surface area contributed by atoms with Gasteiger partial charge in [-0.2, -0.15) is 0 Å². The van der Waals surface area contributed by atoms with Gasteiger partial charge in [0, 0.05) is 30.9 Å². The van der Waals surface area contributed by atoms with Crippen molar-refractivity contribution in [1.29, 1.82) is 0 Å². The molecule has 1 saturated carbocycles. The van der Waals surface area contributed by atoms with Gasteiger partial charge in [-0.3, -0.25) is 4.79 Å². The number of nitrogens with zero attached hydrogens (tertiary/aromatic N) is 1. The smallest absolute Gasteiger partial charge is 0.254 e. The van der Waals surface area contributed by atoms with Crippen molar-refractivity contribution >= 4 is 11.6 Å². The Kier molecular flexibility index (Phi) is 5.05. The molecule has 0 aromatic heterocycles. The third kappa shape index (κ3) is 3.75. The van der Waals surface area contributed by atoms with E-state index in [1.165, 1.54) is 12.8 Å². The number of anilines is 1. The molecule has 1 aliphatic carbocycles. The maximum atomic E-state index is 12.7. The fourth-order valence-corrected chi connectivity index (χ4v) is 2.55. The van der Waals surface area contributed by atoms with Crippen molar-refractivity contribution in [2.75, 3.05) is 25.0 Å². The number of amides is 1. The molecule has 1 aliphatic rings. The van der Waals surface area contributed by atoms with Crippen LogP contribution in [0.4, 0.5) is 5.69 Å². The molecule has 1 fully saturated rings. The van der Waals surface area contributed by atoms with Gasteiger partial charge in [0.25, 0.3) is 5.91 Å². The number of carbonyl (C=O) groups excluding carboxylic acids is 1. The highest BCUT2D eigenvalue weighted by molar-refractivity contribution is 5.96. The van der Waals surface area contributed by atoms with Crippen LogP contribution in [-0.4, -0.2) is 30.4 Å². The first-order valence-electron chi connectivity index (χ1n) is 7.79. The van der Waals surface area contributed by atoms with Crippen molar-refractivity contribution in [3.63, 3.8) is 0 Å². The van der Waals surface area contributed by atoms with Gasteiger partial charge in [0.15, 0.2) is 0 Å². The van der Waals surface area contributed by atoms with E-state index < -0.39 is 0 Å². The first-order chi connectivity index (χ1) is 9.65. The molecule has 1 amide bonds. The highest BCUT2D eigenvalue weighted by atomic mass is 16.2. The van der Waals surface area contributed by atoms with Crippen LogP contribution in [0.2, 0.25) is 0 Å². The van der Waals surface area contributed by atoms with Crippen LogP contribution < -0.4 is 5.32 Å². The Hall–Kier alpha value is -1.51. The monoisotopic (exact) mass is 274 g/mol. The zero-order valence-electron chi connectivity index (χ0n) is 12.9. The summed E-state index contributed by atoms with van der Waals surface area (Å²) in [6, 6.07) is 6.04. The second kappa shape index (κ2) is 6.78. The van der Waals surface area contributed by atoms with Crippen molar-refractivity contribution in [3.8, 4) is 0 Å². The molecule has 1 aromatic rings. The third-order valence-corrected chi connectivity index (χ3v) is 3.79. The Bertz CT molecular complexity index is 466. The van der Waals surface area contributed by atoms with Gasteiger partial charge in [0.05, 0.1) is 0 Å². The van der Waals surface area contributed by atoms with Gasteiger partial charge in [-0.1, -0.05) is 6.92 Å². The fraction of sp³-hybridized carbons (Fsp3) is 0.588. The Morgan fingerprint density at radius 3 is 2.65 bits per heavy atom. The number of benzene rings is 1. The van der Waals surface area contributed by atoms with Crippen LogP contribution in [0.15, 0.2) is 18.2 Å². The summed E-state index contributed by atoms with van der Waals surface area (Å²) < 4.78 is 0. The average Bonchev–Trinajstić information content (AvgIpc) is 3.22. The van der Waals surface area contributed by atoms with Crippen LogP contribution in [0, 0.1) is 12.8 Å². The summed E-state index contributed by atoms with van der Waals surface area (Å²) in [7, 11) is 0. The molecule has 1 N–H and O–H groups in total. The van der Waals surface area contributed by atoms with E-state index in [2.05, 4.69) is 25.2 Å². The molecule has 0 bridgehead atoms. The molecule has 0 aliphatic heterocycles. The van der Waals surface area contributed by atoms with Crippen molar-refractivity contribution < 1.29 is 4.79 Å². The molecule has 1 aromatic carbocycles. The lowest BCUT2D eigenvalue weighted by atomic mass is 10.1. The lowest BCUT2D eigenvalue weighted by Gasteiger charge is -2.23. The molecule has 0 unspecified atom stereocenters. The predicted octanol–water partition coefficient (Wildman–Crippen LogP) is 3.69. The molecule has 0 saturated heterocycles. The van der Waals surface area contributed by atoms with E-state index >= 15 is 0 Å². The molecule has 110 valence electrons. The normalized spacial score (nSPS) is 14.2. The number of hydrogen-bond donors (Lipinski definition) is 1. The van der Waals surface area contributed by atoms with Crippen LogP contribution in [-0.2, 0) is 0 Å². The zero-order valence-corrected chi connectivity index (χ0v) is 12.9. The minimum Gasteiger partial charge on any atom is -0.385 e. The van der Waals surface area contributed by atoms with Crippen molar-refractivity contribution in [2.24, 2.45) is 5.92 Å². The highest BCUT2D eigenvalue weighted by Gasteiger charge is 2.27. The Labute approximate surface area is 122 Å². The number of hydrogen-bond acceptors (Lipinski definition) is 2. The largest absolute Gasteiger partial charge is 0.385 e. The van der Waals surface area contributed by atoms with Crippen LogP contribution in [0.3, 0.4) is 0 Å². The van der Waals surface area contributed by atoms with E-state index in [1.54, 1.807) is 0 Å². The molecule has 0 radical (unpaired) electrons. The molecule has 2 rings (SSSR count). The van der Waals surface area contributed by atoms with Gasteiger partial charge in [-0.15, -0.1) is 0 Å². The van der Waals surface area contributed by atoms with Crippen LogP contribution in [0.1, 0.15) is 49.0 Å². The van der Waals surface area contributed by atoms with Gasteiger partial charge in [-0.25, -0.2) is 0 Å². The van der Waals surface area contributed by atoms with Crippen molar-refractivity contribution in [3.05, 3.63) is 29.3 Å². The van der Waals surface area contributed by atoms with Gasteiger partial charge in [-0.05, 0) is 62.8 Å². The number of carbonyl (C=O) groups is 1. The maximum Gasteiger partial charge on any atom is 0.254 e. The van der Waals surface area contributed by atoms with E-state index in [0.717, 1.165) is 48.8 Å². The molecule has 20 heavy (non-hydrogen) atoms. The van der Waals surface area contributed by atoms with Gasteiger partial charge in [0.1, 0.15) is 0 Å². The van der Waals surface area contributed by atoms with Gasteiger partial charge < -0.3 is 10.2 Å². The Balaban J connectivity index is 2.12. The summed E-state index contributed by atoms with van der Waals surface area (Å²) in [5.74, 6) is 0.936. The molecular formula is C17H26N2O. The Morgan fingerprint density at radius 1 is 1.35 bits per heavy atom. The quantitative estimate of drug-likeness (QED) is 0.822. The fourth-order valence-electron chi connectivity index (χ4n) is 2.55. The van der Waals surface area contributed by atoms with Crippen LogP contribution >= 0.6 is 0 Å². The van der Waals surface area contributed by atoms with Crippen LogP contribution in [0.5, 0.6) is 0 Å². The van der Waals surface area contributed by atoms with E-state index in [0.29, 0.717) is 0 Å². The SMILES string of the molecule is CCCN(CC1CC1)C(=O)c1ccc(NCC)cc1C. The minimum absolute atomic E-state index is 0.194. The number of nitrogens with one attached hydrogen (secondary N) is 1. The van der Waals surface area contributed by atoms with Gasteiger partial charge >= 0.3 is 0 Å². The standard InChI is InChI=1S/C17H26N2O/c1-4-10-19(12-14-6-7-14)17(20)16-9-8-15(18-5-2)11-13(16)3/h8-9,11,14,18H,4-7,10,12H2,1-3H3. The summed E-state index contributed by atoms with van der Waals surface area (Å²) in [6.07, 6.45) is 3.59. The molecule has 0 atom stereocenters. The average molecular weight is 274 g/mol. The second-order valence-corrected chi connectivity index (χ2v) is 5.75. The lowest BCUT2D eigenvalue weighted by molar-refractivity contribution is 0.0747. The number of rotatable bonds is 7. The first kappa shape index (κ1) is 14.9. The second-order valence-electron chi connectivity index (χ2n) is 5.75. The Morgan fingerprint density at radius 2 is 2.10 bits per heavy atom. The summed E-state index contributed by atoms with van der Waals surface area (Å²) in [4.78, 5) is 14.7. The first-order valence-corrected chi connectivity index (χ1v) is 7.79. The highest BCUT2D eigenvalue weighted by Crippen LogP contribution is 2.30. The molecule has 0 spiro atoms. The topological polar surface area (TPSA) is 32.3 Å². The zero-order chi connectivity index (χ0) is 14.5. The lowest BCUT2D eigenvalue weighted by Crippen LogP contribution is -2.34. The third-order valence-electron chi connectivity index (χ3n) is 3.79. The van der Waals surface area contributed by atoms with E-state index in [1.807, 2.05) is 24.0 Å². The molecule has 0 heterocycles. The van der Waals surface area contributed by atoms with Crippen LogP contribution in [0.25, 0.3) is 0 Å². The van der Waals surface area contributed by atoms with E-state index in [-0.39, 0.29) is 5.91 Å². The summed E-state index contributed by atoms with van der Waals surface area (Å²) >= 11 is 0. The predicted molar refractivity (Wildman–Crippen MR) is 84.3 cm³/mol. The van der Waals surface area contributed by atoms with Crippen molar-refractivity contribution in [1.82, 2.24) is 4.90 Å². The van der Waals surface area contributed by atoms with Crippen molar-refractivity contribution in [2.45, 2.75) is 40.0 Å². The van der Waals surface area contributed by atoms with E-state index in [4.69, 9.17) is 0 Å². The number of aryl methyl sites for hydroxylation is 1. The molecule has 3 nitrogen and oxygen atoms in total. The van der Waals surface area contributed by atoms with Gasteiger partial charge in [0.2, 0.25) is 0 Å².